The summed E-state index contributed by atoms with van der Waals surface area (Å²) in [7, 11) is 0. The first-order valence-corrected chi connectivity index (χ1v) is 8.45. The van der Waals surface area contributed by atoms with Gasteiger partial charge >= 0.3 is 5.97 Å². The fourth-order valence-electron chi connectivity index (χ4n) is 2.86. The summed E-state index contributed by atoms with van der Waals surface area (Å²) in [5.41, 5.74) is 7.99. The van der Waals surface area contributed by atoms with Gasteiger partial charge in [0.15, 0.2) is 0 Å². The number of ether oxygens (including phenoxy) is 1. The van der Waals surface area contributed by atoms with E-state index in [1.807, 2.05) is 0 Å². The maximum Gasteiger partial charge on any atom is 0.338 e. The van der Waals surface area contributed by atoms with Gasteiger partial charge in [0.05, 0.1) is 28.6 Å². The number of nitrogens with zero attached hydrogens (tertiary/aromatic N) is 1. The van der Waals surface area contributed by atoms with Crippen LogP contribution < -0.4 is 10.6 Å². The quantitative estimate of drug-likeness (QED) is 0.499. The van der Waals surface area contributed by atoms with Crippen LogP contribution in [-0.4, -0.2) is 25.2 Å². The number of esters is 1. The summed E-state index contributed by atoms with van der Waals surface area (Å²) >= 11 is 6.41. The van der Waals surface area contributed by atoms with E-state index in [2.05, 4.69) is 18.7 Å². The van der Waals surface area contributed by atoms with Crippen molar-refractivity contribution in [1.29, 1.82) is 0 Å². The Morgan fingerprint density at radius 1 is 1.45 bits per heavy atom. The Balaban J connectivity index is 2.19. The van der Waals surface area contributed by atoms with Crippen LogP contribution >= 0.6 is 11.6 Å². The van der Waals surface area contributed by atoms with Crippen LogP contribution in [0.25, 0.3) is 0 Å². The van der Waals surface area contributed by atoms with E-state index in [0.29, 0.717) is 28.9 Å². The van der Waals surface area contributed by atoms with E-state index < -0.39 is 0 Å². The van der Waals surface area contributed by atoms with Crippen LogP contribution in [0.3, 0.4) is 0 Å². The Labute approximate surface area is 137 Å². The predicted octanol–water partition coefficient (Wildman–Crippen LogP) is 4.26. The van der Waals surface area contributed by atoms with Gasteiger partial charge in [-0.3, -0.25) is 0 Å². The molecule has 5 heteroatoms. The van der Waals surface area contributed by atoms with Crippen LogP contribution in [0.2, 0.25) is 5.02 Å². The first kappa shape index (κ1) is 16.9. The molecule has 1 aliphatic rings. The molecule has 0 spiro atoms. The molecule has 0 radical (unpaired) electrons. The number of nitrogens with two attached hydrogens (primary N) is 1. The molecule has 0 aliphatic carbocycles. The molecule has 1 saturated heterocycles. The lowest BCUT2D eigenvalue weighted by Gasteiger charge is -2.36. The molecule has 2 N–H and O–H groups in total. The molecule has 22 heavy (non-hydrogen) atoms. The molecule has 4 nitrogen and oxygen atoms in total. The van der Waals surface area contributed by atoms with Crippen LogP contribution in [0.4, 0.5) is 11.4 Å². The summed E-state index contributed by atoms with van der Waals surface area (Å²) < 4.78 is 5.22. The summed E-state index contributed by atoms with van der Waals surface area (Å²) in [6.45, 7) is 5.61. The van der Waals surface area contributed by atoms with Crippen molar-refractivity contribution in [2.45, 2.75) is 52.0 Å². The maximum absolute atomic E-state index is 12.0. The lowest BCUT2D eigenvalue weighted by molar-refractivity contribution is 0.0500. The SMILES string of the molecule is CCCCOC(=O)c1cc(N)c(N2CCCC[C@H]2C)c(Cl)c1. The van der Waals surface area contributed by atoms with Crippen molar-refractivity contribution in [3.63, 3.8) is 0 Å². The van der Waals surface area contributed by atoms with Crippen LogP contribution in [0.15, 0.2) is 12.1 Å². The number of hydrogen-bond donors (Lipinski definition) is 1. The molecule has 1 fully saturated rings. The largest absolute Gasteiger partial charge is 0.462 e. The summed E-state index contributed by atoms with van der Waals surface area (Å²) in [5.74, 6) is -0.361. The molecule has 0 saturated carbocycles. The van der Waals surface area contributed by atoms with Gasteiger partial charge in [-0.15, -0.1) is 0 Å². The molecule has 1 heterocycles. The normalized spacial score (nSPS) is 18.3. The maximum atomic E-state index is 12.0. The van der Waals surface area contributed by atoms with Crippen molar-refractivity contribution in [3.8, 4) is 0 Å². The molecule has 0 aromatic heterocycles. The van der Waals surface area contributed by atoms with Crippen molar-refractivity contribution in [1.82, 2.24) is 0 Å². The third-order valence-corrected chi connectivity index (χ3v) is 4.44. The molecule has 1 aromatic rings. The second-order valence-corrected chi connectivity index (χ2v) is 6.33. The summed E-state index contributed by atoms with van der Waals surface area (Å²) in [5, 5.41) is 0.524. The topological polar surface area (TPSA) is 55.6 Å². The second-order valence-electron chi connectivity index (χ2n) is 5.92. The summed E-state index contributed by atoms with van der Waals surface area (Å²) in [4.78, 5) is 14.3. The van der Waals surface area contributed by atoms with Crippen molar-refractivity contribution < 1.29 is 9.53 Å². The average Bonchev–Trinajstić information content (AvgIpc) is 2.48. The third-order valence-electron chi connectivity index (χ3n) is 4.15. The van der Waals surface area contributed by atoms with Crippen LogP contribution in [-0.2, 0) is 4.74 Å². The van der Waals surface area contributed by atoms with Gasteiger partial charge in [0.2, 0.25) is 0 Å². The lowest BCUT2D eigenvalue weighted by Crippen LogP contribution is -2.38. The van der Waals surface area contributed by atoms with Gasteiger partial charge < -0.3 is 15.4 Å². The number of halogens is 1. The fourth-order valence-corrected chi connectivity index (χ4v) is 3.20. The Kier molecular flexibility index (Phi) is 5.95. The van der Waals surface area contributed by atoms with Gasteiger partial charge in [-0.05, 0) is 44.7 Å². The van der Waals surface area contributed by atoms with Gasteiger partial charge in [0.25, 0.3) is 0 Å². The van der Waals surface area contributed by atoms with E-state index in [0.717, 1.165) is 37.9 Å². The molecule has 1 aromatic carbocycles. The van der Waals surface area contributed by atoms with E-state index >= 15 is 0 Å². The molecular weight excluding hydrogens is 300 g/mol. The van der Waals surface area contributed by atoms with Crippen molar-refractivity contribution in [2.24, 2.45) is 0 Å². The van der Waals surface area contributed by atoms with Gasteiger partial charge in [-0.25, -0.2) is 4.79 Å². The number of carbonyl (C=O) groups is 1. The number of benzene rings is 1. The second kappa shape index (κ2) is 7.73. The van der Waals surface area contributed by atoms with Gasteiger partial charge in [0, 0.05) is 12.6 Å². The number of piperidine rings is 1. The zero-order chi connectivity index (χ0) is 16.1. The summed E-state index contributed by atoms with van der Waals surface area (Å²) in [6, 6.07) is 3.76. The van der Waals surface area contributed by atoms with Crippen molar-refractivity contribution in [2.75, 3.05) is 23.8 Å². The highest BCUT2D eigenvalue weighted by Crippen LogP contribution is 2.37. The zero-order valence-electron chi connectivity index (χ0n) is 13.4. The number of unbranched alkanes of at least 4 members (excludes halogenated alkanes) is 1. The molecule has 0 amide bonds. The molecule has 0 unspecified atom stereocenters. The first-order chi connectivity index (χ1) is 10.5. The van der Waals surface area contributed by atoms with E-state index in [1.54, 1.807) is 12.1 Å². The van der Waals surface area contributed by atoms with E-state index in [9.17, 15) is 4.79 Å². The molecule has 122 valence electrons. The number of nitrogen functional groups attached to an aromatic ring is 1. The van der Waals surface area contributed by atoms with Gasteiger partial charge in [0.1, 0.15) is 0 Å². The highest BCUT2D eigenvalue weighted by atomic mass is 35.5. The first-order valence-electron chi connectivity index (χ1n) is 8.07. The number of carbonyl (C=O) groups excluding carboxylic acids is 1. The van der Waals surface area contributed by atoms with Crippen LogP contribution in [0.5, 0.6) is 0 Å². The Hall–Kier alpha value is -1.42. The summed E-state index contributed by atoms with van der Waals surface area (Å²) in [6.07, 6.45) is 5.36. The monoisotopic (exact) mass is 324 g/mol. The number of hydrogen-bond acceptors (Lipinski definition) is 4. The highest BCUT2D eigenvalue weighted by molar-refractivity contribution is 6.34. The molecule has 2 rings (SSSR count). The average molecular weight is 325 g/mol. The highest BCUT2D eigenvalue weighted by Gasteiger charge is 2.24. The van der Waals surface area contributed by atoms with Crippen LogP contribution in [0, 0.1) is 0 Å². The lowest BCUT2D eigenvalue weighted by atomic mass is 10.0. The Bertz CT molecular complexity index is 510. The minimum absolute atomic E-state index is 0.361. The number of anilines is 2. The van der Waals surface area contributed by atoms with E-state index in [4.69, 9.17) is 22.1 Å². The van der Waals surface area contributed by atoms with E-state index in [-0.39, 0.29) is 5.97 Å². The van der Waals surface area contributed by atoms with Crippen LogP contribution in [0.1, 0.15) is 56.3 Å². The van der Waals surface area contributed by atoms with E-state index in [1.165, 1.54) is 6.42 Å². The third kappa shape index (κ3) is 3.86. The minimum atomic E-state index is -0.361. The van der Waals surface area contributed by atoms with Crippen molar-refractivity contribution >= 4 is 28.9 Å². The molecule has 1 atom stereocenters. The predicted molar refractivity (Wildman–Crippen MR) is 91.7 cm³/mol. The van der Waals surface area contributed by atoms with Gasteiger partial charge in [-0.1, -0.05) is 24.9 Å². The minimum Gasteiger partial charge on any atom is -0.462 e. The smallest absolute Gasteiger partial charge is 0.338 e. The fraction of sp³-hybridized carbons (Fsp3) is 0.588. The number of rotatable bonds is 5. The molecule has 0 bridgehead atoms. The standard InChI is InChI=1S/C17H25ClN2O2/c1-3-4-9-22-17(21)13-10-14(18)16(15(19)11-13)20-8-6-5-7-12(20)2/h10-12H,3-9,19H2,1-2H3/t12-/m1/s1. The Morgan fingerprint density at radius 2 is 2.23 bits per heavy atom. The molecular formula is C17H25ClN2O2. The zero-order valence-corrected chi connectivity index (χ0v) is 14.2. The molecule has 1 aliphatic heterocycles. The Morgan fingerprint density at radius 3 is 2.86 bits per heavy atom. The van der Waals surface area contributed by atoms with Crippen molar-refractivity contribution in [3.05, 3.63) is 22.7 Å². The van der Waals surface area contributed by atoms with Gasteiger partial charge in [-0.2, -0.15) is 0 Å².